The van der Waals surface area contributed by atoms with Crippen LogP contribution in [0.25, 0.3) is 0 Å². The highest BCUT2D eigenvalue weighted by atomic mass is 32.2. The molecular formula is C24H23F3N2O3S. The molecule has 174 valence electrons. The maximum Gasteiger partial charge on any atom is 0.418 e. The van der Waals surface area contributed by atoms with E-state index in [4.69, 9.17) is 0 Å². The van der Waals surface area contributed by atoms with Gasteiger partial charge in [0.2, 0.25) is 15.9 Å². The Morgan fingerprint density at radius 1 is 0.909 bits per heavy atom. The maximum absolute atomic E-state index is 13.3. The van der Waals surface area contributed by atoms with Crippen LogP contribution in [0, 0.1) is 6.92 Å². The lowest BCUT2D eigenvalue weighted by molar-refractivity contribution is -0.137. The Labute approximate surface area is 190 Å². The summed E-state index contributed by atoms with van der Waals surface area (Å²) in [7, 11) is -4.06. The van der Waals surface area contributed by atoms with Crippen LogP contribution in [0.3, 0.4) is 0 Å². The monoisotopic (exact) mass is 476 g/mol. The largest absolute Gasteiger partial charge is 0.418 e. The first-order valence-corrected chi connectivity index (χ1v) is 11.6. The molecule has 1 N–H and O–H groups in total. The van der Waals surface area contributed by atoms with Crippen LogP contribution in [0.2, 0.25) is 0 Å². The maximum atomic E-state index is 13.3. The van der Waals surface area contributed by atoms with Crippen LogP contribution in [-0.2, 0) is 27.4 Å². The zero-order valence-corrected chi connectivity index (χ0v) is 18.7. The zero-order chi connectivity index (χ0) is 24.1. The van der Waals surface area contributed by atoms with Crippen LogP contribution in [0.15, 0.2) is 83.8 Å². The average Bonchev–Trinajstić information content (AvgIpc) is 2.77. The fourth-order valence-electron chi connectivity index (χ4n) is 3.23. The molecule has 0 aliphatic carbocycles. The molecule has 5 nitrogen and oxygen atoms in total. The van der Waals surface area contributed by atoms with E-state index < -0.39 is 39.9 Å². The molecule has 0 fully saturated rings. The molecule has 0 aromatic heterocycles. The standard InChI is InChI=1S/C24H23F3N2O3S/c1-18-11-13-20(14-12-18)33(31,32)29(16-15-19-7-3-2-4-8-19)17-23(30)28-22-10-6-5-9-21(22)24(25,26)27/h2-14H,15-17H2,1H3,(H,28,30). The van der Waals surface area contributed by atoms with E-state index in [1.807, 2.05) is 37.3 Å². The van der Waals surface area contributed by atoms with Crippen molar-refractivity contribution in [3.05, 3.63) is 95.6 Å². The smallest absolute Gasteiger partial charge is 0.324 e. The first kappa shape index (κ1) is 24.5. The number of nitrogens with one attached hydrogen (secondary N) is 1. The van der Waals surface area contributed by atoms with Crippen molar-refractivity contribution in [1.82, 2.24) is 4.31 Å². The number of hydrogen-bond donors (Lipinski definition) is 1. The number of amides is 1. The van der Waals surface area contributed by atoms with Gasteiger partial charge in [-0.25, -0.2) is 8.42 Å². The number of anilines is 1. The van der Waals surface area contributed by atoms with Crippen LogP contribution in [-0.4, -0.2) is 31.7 Å². The first-order valence-electron chi connectivity index (χ1n) is 10.1. The van der Waals surface area contributed by atoms with Crippen molar-refractivity contribution >= 4 is 21.6 Å². The molecular weight excluding hydrogens is 453 g/mol. The summed E-state index contributed by atoms with van der Waals surface area (Å²) in [6.07, 6.45) is -4.33. The highest BCUT2D eigenvalue weighted by Gasteiger charge is 2.34. The fourth-order valence-corrected chi connectivity index (χ4v) is 4.63. The van der Waals surface area contributed by atoms with Crippen LogP contribution < -0.4 is 5.32 Å². The number of nitrogens with zero attached hydrogens (tertiary/aromatic N) is 1. The number of aryl methyl sites for hydroxylation is 1. The lowest BCUT2D eigenvalue weighted by Gasteiger charge is -2.22. The van der Waals surface area contributed by atoms with Gasteiger partial charge >= 0.3 is 6.18 Å². The molecule has 3 aromatic rings. The van der Waals surface area contributed by atoms with Gasteiger partial charge in [-0.2, -0.15) is 17.5 Å². The summed E-state index contributed by atoms with van der Waals surface area (Å²) in [5.74, 6) is -0.865. The third-order valence-electron chi connectivity index (χ3n) is 4.98. The van der Waals surface area contributed by atoms with Gasteiger partial charge in [-0.05, 0) is 43.2 Å². The van der Waals surface area contributed by atoms with Gasteiger partial charge in [-0.1, -0.05) is 60.2 Å². The number of benzene rings is 3. The van der Waals surface area contributed by atoms with Gasteiger partial charge in [-0.3, -0.25) is 4.79 Å². The van der Waals surface area contributed by atoms with Gasteiger partial charge in [0.1, 0.15) is 0 Å². The molecule has 9 heteroatoms. The van der Waals surface area contributed by atoms with Crippen LogP contribution >= 0.6 is 0 Å². The number of carbonyl (C=O) groups excluding carboxylic acids is 1. The summed E-state index contributed by atoms with van der Waals surface area (Å²) in [5, 5.41) is 2.21. The highest BCUT2D eigenvalue weighted by Crippen LogP contribution is 2.34. The van der Waals surface area contributed by atoms with Crippen molar-refractivity contribution in [1.29, 1.82) is 0 Å². The van der Waals surface area contributed by atoms with E-state index in [-0.39, 0.29) is 11.4 Å². The number of rotatable bonds is 8. The molecule has 3 aromatic carbocycles. The minimum absolute atomic E-state index is 0.00431. The van der Waals surface area contributed by atoms with Crippen LogP contribution in [0.5, 0.6) is 0 Å². The van der Waals surface area contributed by atoms with Crippen molar-refractivity contribution in [3.8, 4) is 0 Å². The Bertz CT molecular complexity index is 1200. The summed E-state index contributed by atoms with van der Waals surface area (Å²) in [4.78, 5) is 12.7. The van der Waals surface area contributed by atoms with Crippen molar-refractivity contribution in [2.24, 2.45) is 0 Å². The van der Waals surface area contributed by atoms with Crippen molar-refractivity contribution in [2.75, 3.05) is 18.4 Å². The molecule has 1 amide bonds. The Morgan fingerprint density at radius 3 is 2.15 bits per heavy atom. The number of sulfonamides is 1. The molecule has 0 unspecified atom stereocenters. The summed E-state index contributed by atoms with van der Waals surface area (Å²) in [5.41, 5.74) is 0.303. The van der Waals surface area contributed by atoms with Crippen molar-refractivity contribution in [2.45, 2.75) is 24.4 Å². The summed E-state index contributed by atoms with van der Waals surface area (Å²) in [6.45, 7) is 1.17. The van der Waals surface area contributed by atoms with Crippen molar-refractivity contribution in [3.63, 3.8) is 0 Å². The van der Waals surface area contributed by atoms with Crippen LogP contribution in [0.1, 0.15) is 16.7 Å². The Kier molecular flexibility index (Phi) is 7.55. The molecule has 0 saturated carbocycles. The van der Waals surface area contributed by atoms with E-state index in [1.165, 1.54) is 24.3 Å². The minimum atomic E-state index is -4.66. The molecule has 0 heterocycles. The molecule has 0 aliphatic heterocycles. The first-order chi connectivity index (χ1) is 15.6. The molecule has 0 radical (unpaired) electrons. The molecule has 0 atom stereocenters. The third-order valence-corrected chi connectivity index (χ3v) is 6.84. The second-order valence-electron chi connectivity index (χ2n) is 7.48. The molecule has 33 heavy (non-hydrogen) atoms. The quantitative estimate of drug-likeness (QED) is 0.504. The summed E-state index contributed by atoms with van der Waals surface area (Å²) < 4.78 is 67.2. The number of alkyl halides is 3. The van der Waals surface area contributed by atoms with Gasteiger partial charge < -0.3 is 5.32 Å². The number of hydrogen-bond acceptors (Lipinski definition) is 3. The Balaban J connectivity index is 1.85. The third kappa shape index (κ3) is 6.43. The molecule has 0 bridgehead atoms. The highest BCUT2D eigenvalue weighted by molar-refractivity contribution is 7.89. The number of para-hydroxylation sites is 1. The second-order valence-corrected chi connectivity index (χ2v) is 9.42. The SMILES string of the molecule is Cc1ccc(S(=O)(=O)N(CCc2ccccc2)CC(=O)Nc2ccccc2C(F)(F)F)cc1. The Morgan fingerprint density at radius 2 is 1.52 bits per heavy atom. The lowest BCUT2D eigenvalue weighted by atomic mass is 10.1. The van der Waals surface area contributed by atoms with E-state index >= 15 is 0 Å². The van der Waals surface area contributed by atoms with Crippen molar-refractivity contribution < 1.29 is 26.4 Å². The molecule has 0 aliphatic rings. The lowest BCUT2D eigenvalue weighted by Crippen LogP contribution is -2.39. The van der Waals surface area contributed by atoms with E-state index in [1.54, 1.807) is 12.1 Å². The van der Waals surface area contributed by atoms with Gasteiger partial charge in [0.15, 0.2) is 0 Å². The topological polar surface area (TPSA) is 66.5 Å². The predicted octanol–water partition coefficient (Wildman–Crippen LogP) is 4.89. The van der Waals surface area contributed by atoms with E-state index in [0.717, 1.165) is 27.6 Å². The normalized spacial score (nSPS) is 12.0. The zero-order valence-electron chi connectivity index (χ0n) is 17.8. The van der Waals surface area contributed by atoms with E-state index in [0.29, 0.717) is 6.42 Å². The fraction of sp³-hybridized carbons (Fsp3) is 0.208. The molecule has 0 spiro atoms. The predicted molar refractivity (Wildman–Crippen MR) is 120 cm³/mol. The molecule has 0 saturated heterocycles. The second kappa shape index (κ2) is 10.2. The van der Waals surface area contributed by atoms with Gasteiger partial charge in [0.25, 0.3) is 0 Å². The number of carbonyl (C=O) groups is 1. The molecule has 3 rings (SSSR count). The summed E-state index contributed by atoms with van der Waals surface area (Å²) in [6, 6.07) is 19.8. The van der Waals surface area contributed by atoms with E-state index in [9.17, 15) is 26.4 Å². The van der Waals surface area contributed by atoms with E-state index in [2.05, 4.69) is 5.32 Å². The van der Waals surface area contributed by atoms with Gasteiger partial charge in [-0.15, -0.1) is 0 Å². The van der Waals surface area contributed by atoms with Gasteiger partial charge in [0.05, 0.1) is 22.7 Å². The average molecular weight is 477 g/mol. The number of halogens is 3. The summed E-state index contributed by atoms with van der Waals surface area (Å²) >= 11 is 0. The van der Waals surface area contributed by atoms with Crippen LogP contribution in [0.4, 0.5) is 18.9 Å². The van der Waals surface area contributed by atoms with Gasteiger partial charge in [0, 0.05) is 6.54 Å². The minimum Gasteiger partial charge on any atom is -0.324 e. The Hall–Kier alpha value is -3.17.